The van der Waals surface area contributed by atoms with Crippen LogP contribution in [0.4, 0.5) is 17.1 Å². The molecule has 0 spiro atoms. The first kappa shape index (κ1) is 37.7. The first-order valence-corrected chi connectivity index (χ1v) is 21.7. The highest BCUT2D eigenvalue weighted by molar-refractivity contribution is 6.01. The van der Waals surface area contributed by atoms with E-state index in [4.69, 9.17) is 0 Å². The molecule has 11 aromatic rings. The van der Waals surface area contributed by atoms with Crippen molar-refractivity contribution in [3.8, 4) is 66.8 Å². The fourth-order valence-corrected chi connectivity index (χ4v) is 9.06. The number of anilines is 3. The maximum Gasteiger partial charge on any atom is 0.0546 e. The molecule has 63 heavy (non-hydrogen) atoms. The molecule has 0 atom stereocenters. The van der Waals surface area contributed by atoms with Gasteiger partial charge in [-0.25, -0.2) is 0 Å². The maximum atomic E-state index is 2.43. The van der Waals surface area contributed by atoms with E-state index >= 15 is 0 Å². The second kappa shape index (κ2) is 16.7. The van der Waals surface area contributed by atoms with Gasteiger partial charge in [0.2, 0.25) is 0 Å². The van der Waals surface area contributed by atoms with Gasteiger partial charge in [-0.1, -0.05) is 218 Å². The normalized spacial score (nSPS) is 11.2. The lowest BCUT2D eigenvalue weighted by molar-refractivity contribution is 1.28. The SMILES string of the molecule is c1ccc(-c2ccccc2-c2c(-c3ccccc3)cccc2N(c2ccc(-c3ccc(-c4ccc5ccccc5c4)cc3)cc2)c2ccc(-c3ccc4ccccc4c3)cc2)cc1. The van der Waals surface area contributed by atoms with Crippen LogP contribution in [0.15, 0.2) is 261 Å². The Bertz CT molecular complexity index is 3350. The molecule has 0 N–H and O–H groups in total. The largest absolute Gasteiger partial charge is 0.310 e. The molecule has 0 bridgehead atoms. The molecule has 1 heteroatoms. The minimum Gasteiger partial charge on any atom is -0.310 e. The lowest BCUT2D eigenvalue weighted by Gasteiger charge is -2.30. The fourth-order valence-electron chi connectivity index (χ4n) is 9.06. The molecule has 0 aliphatic rings. The van der Waals surface area contributed by atoms with Gasteiger partial charge in [-0.2, -0.15) is 0 Å². The predicted octanol–water partition coefficient (Wildman–Crippen LogP) is 17.5. The second-order valence-electron chi connectivity index (χ2n) is 16.1. The summed E-state index contributed by atoms with van der Waals surface area (Å²) in [6, 6.07) is 94.7. The second-order valence-corrected chi connectivity index (χ2v) is 16.1. The van der Waals surface area contributed by atoms with Crippen molar-refractivity contribution in [1.82, 2.24) is 0 Å². The van der Waals surface area contributed by atoms with Gasteiger partial charge in [-0.3, -0.25) is 0 Å². The van der Waals surface area contributed by atoms with E-state index in [2.05, 4.69) is 266 Å². The van der Waals surface area contributed by atoms with Crippen molar-refractivity contribution in [3.05, 3.63) is 261 Å². The van der Waals surface area contributed by atoms with E-state index in [1.807, 2.05) is 0 Å². The van der Waals surface area contributed by atoms with Gasteiger partial charge in [-0.05, 0) is 125 Å². The zero-order valence-electron chi connectivity index (χ0n) is 34.8. The Labute approximate surface area is 369 Å². The Morgan fingerprint density at radius 3 is 1.08 bits per heavy atom. The Morgan fingerprint density at radius 2 is 0.571 bits per heavy atom. The molecule has 0 radical (unpaired) electrons. The van der Waals surface area contributed by atoms with Crippen LogP contribution >= 0.6 is 0 Å². The molecule has 0 saturated heterocycles. The van der Waals surface area contributed by atoms with Gasteiger partial charge in [0.25, 0.3) is 0 Å². The smallest absolute Gasteiger partial charge is 0.0546 e. The quantitative estimate of drug-likeness (QED) is 0.141. The maximum absolute atomic E-state index is 2.43. The third-order valence-corrected chi connectivity index (χ3v) is 12.3. The molecule has 0 saturated carbocycles. The molecule has 296 valence electrons. The van der Waals surface area contributed by atoms with Crippen molar-refractivity contribution in [2.24, 2.45) is 0 Å². The molecule has 11 aromatic carbocycles. The number of hydrogen-bond acceptors (Lipinski definition) is 1. The molecular formula is C62H43N. The van der Waals surface area contributed by atoms with E-state index in [9.17, 15) is 0 Å². The molecule has 0 fully saturated rings. The Kier molecular flexibility index (Phi) is 9.97. The summed E-state index contributed by atoms with van der Waals surface area (Å²) in [6.45, 7) is 0. The third kappa shape index (κ3) is 7.47. The van der Waals surface area contributed by atoms with Crippen molar-refractivity contribution in [2.45, 2.75) is 0 Å². The van der Waals surface area contributed by atoms with Crippen LogP contribution in [0.3, 0.4) is 0 Å². The summed E-state index contributed by atoms with van der Waals surface area (Å²) in [5.41, 5.74) is 17.5. The van der Waals surface area contributed by atoms with E-state index in [-0.39, 0.29) is 0 Å². The Balaban J connectivity index is 1.04. The van der Waals surface area contributed by atoms with E-state index in [1.165, 1.54) is 88.3 Å². The van der Waals surface area contributed by atoms with Gasteiger partial charge in [0.05, 0.1) is 5.69 Å². The molecule has 1 nitrogen and oxygen atoms in total. The molecular weight excluding hydrogens is 759 g/mol. The Hall–Kier alpha value is -8.26. The van der Waals surface area contributed by atoms with Gasteiger partial charge in [0.15, 0.2) is 0 Å². The van der Waals surface area contributed by atoms with Crippen molar-refractivity contribution in [2.75, 3.05) is 4.90 Å². The number of nitrogens with zero attached hydrogens (tertiary/aromatic N) is 1. The van der Waals surface area contributed by atoms with Crippen LogP contribution in [0, 0.1) is 0 Å². The van der Waals surface area contributed by atoms with Crippen LogP contribution < -0.4 is 4.90 Å². The van der Waals surface area contributed by atoms with Crippen LogP contribution in [0.2, 0.25) is 0 Å². The highest BCUT2D eigenvalue weighted by Gasteiger charge is 2.23. The van der Waals surface area contributed by atoms with Crippen LogP contribution in [-0.4, -0.2) is 0 Å². The average Bonchev–Trinajstić information content (AvgIpc) is 3.37. The van der Waals surface area contributed by atoms with Crippen LogP contribution in [0.25, 0.3) is 88.3 Å². The topological polar surface area (TPSA) is 3.24 Å². The number of hydrogen-bond donors (Lipinski definition) is 0. The van der Waals surface area contributed by atoms with E-state index in [1.54, 1.807) is 0 Å². The minimum atomic E-state index is 1.08. The van der Waals surface area contributed by atoms with Gasteiger partial charge < -0.3 is 4.90 Å². The lowest BCUT2D eigenvalue weighted by atomic mass is 9.87. The van der Waals surface area contributed by atoms with Gasteiger partial charge in [0.1, 0.15) is 0 Å². The standard InChI is InChI=1S/C62H43N/c1-3-16-50(17-4-1)58-22-11-12-23-60(58)62-59(51-18-5-2-6-19-51)24-13-25-61(62)63(57-40-36-49(37-41-57)55-33-31-45-15-8-10-21-53(45)43-55)56-38-34-47(35-39-56)46-26-28-48(29-27-46)54-32-30-44-14-7-9-20-52(44)42-54/h1-43H. The molecule has 0 aliphatic carbocycles. The average molecular weight is 802 g/mol. The van der Waals surface area contributed by atoms with E-state index in [0.29, 0.717) is 0 Å². The molecule has 0 heterocycles. The zero-order valence-corrected chi connectivity index (χ0v) is 34.8. The Morgan fingerprint density at radius 1 is 0.206 bits per heavy atom. The van der Waals surface area contributed by atoms with Gasteiger partial charge in [0, 0.05) is 16.9 Å². The summed E-state index contributed by atoms with van der Waals surface area (Å²) in [4.78, 5) is 2.43. The van der Waals surface area contributed by atoms with E-state index < -0.39 is 0 Å². The summed E-state index contributed by atoms with van der Waals surface area (Å²) < 4.78 is 0. The molecule has 0 unspecified atom stereocenters. The van der Waals surface area contributed by atoms with Crippen molar-refractivity contribution in [3.63, 3.8) is 0 Å². The van der Waals surface area contributed by atoms with Crippen molar-refractivity contribution < 1.29 is 0 Å². The van der Waals surface area contributed by atoms with Crippen LogP contribution in [0.5, 0.6) is 0 Å². The van der Waals surface area contributed by atoms with Crippen molar-refractivity contribution >= 4 is 38.6 Å². The number of benzene rings is 11. The predicted molar refractivity (Wildman–Crippen MR) is 269 cm³/mol. The number of fused-ring (bicyclic) bond motifs is 2. The highest BCUT2D eigenvalue weighted by atomic mass is 15.1. The lowest BCUT2D eigenvalue weighted by Crippen LogP contribution is -2.12. The molecule has 0 aromatic heterocycles. The minimum absolute atomic E-state index is 1.08. The zero-order chi connectivity index (χ0) is 42.0. The molecule has 0 aliphatic heterocycles. The van der Waals surface area contributed by atoms with Gasteiger partial charge in [-0.15, -0.1) is 0 Å². The number of rotatable bonds is 9. The molecule has 0 amide bonds. The van der Waals surface area contributed by atoms with Gasteiger partial charge >= 0.3 is 0 Å². The first-order valence-electron chi connectivity index (χ1n) is 21.7. The summed E-state index contributed by atoms with van der Waals surface area (Å²) in [6.07, 6.45) is 0. The monoisotopic (exact) mass is 801 g/mol. The summed E-state index contributed by atoms with van der Waals surface area (Å²) in [7, 11) is 0. The van der Waals surface area contributed by atoms with E-state index in [0.717, 1.165) is 17.1 Å². The summed E-state index contributed by atoms with van der Waals surface area (Å²) >= 11 is 0. The van der Waals surface area contributed by atoms with Crippen LogP contribution in [-0.2, 0) is 0 Å². The third-order valence-electron chi connectivity index (χ3n) is 12.3. The summed E-state index contributed by atoms with van der Waals surface area (Å²) in [5.74, 6) is 0. The fraction of sp³-hybridized carbons (Fsp3) is 0. The first-order chi connectivity index (χ1) is 31.2. The van der Waals surface area contributed by atoms with Crippen LogP contribution in [0.1, 0.15) is 0 Å². The highest BCUT2D eigenvalue weighted by Crippen LogP contribution is 2.48. The van der Waals surface area contributed by atoms with Crippen molar-refractivity contribution in [1.29, 1.82) is 0 Å². The molecule has 11 rings (SSSR count). The summed E-state index contributed by atoms with van der Waals surface area (Å²) in [5, 5.41) is 4.99.